The summed E-state index contributed by atoms with van der Waals surface area (Å²) in [6, 6.07) is 9.15. The van der Waals surface area contributed by atoms with Gasteiger partial charge in [0, 0.05) is 26.3 Å². The monoisotopic (exact) mass is 278 g/mol. The topological polar surface area (TPSA) is 74.5 Å². The molecule has 5 nitrogen and oxygen atoms in total. The van der Waals surface area contributed by atoms with Crippen molar-refractivity contribution in [1.29, 1.82) is 5.26 Å². The fraction of sp³-hybridized carbons (Fsp3) is 0.533. The molecule has 0 aromatic heterocycles. The second kappa shape index (κ2) is 9.32. The van der Waals surface area contributed by atoms with Crippen LogP contribution in [0.3, 0.4) is 0 Å². The maximum atomic E-state index is 9.81. The number of methoxy groups -OCH3 is 1. The van der Waals surface area contributed by atoms with E-state index in [1.807, 2.05) is 13.0 Å². The molecule has 0 spiro atoms. The van der Waals surface area contributed by atoms with Gasteiger partial charge in [0.05, 0.1) is 11.6 Å². The molecular weight excluding hydrogens is 256 g/mol. The van der Waals surface area contributed by atoms with E-state index in [1.54, 1.807) is 31.4 Å². The molecule has 1 rings (SSSR count). The third kappa shape index (κ3) is 6.53. The molecule has 0 fully saturated rings. The highest BCUT2D eigenvalue weighted by Crippen LogP contribution is 2.11. The maximum Gasteiger partial charge on any atom is 0.119 e. The zero-order chi connectivity index (χ0) is 14.8. The van der Waals surface area contributed by atoms with Crippen LogP contribution in [0.1, 0.15) is 18.9 Å². The molecule has 2 unspecified atom stereocenters. The van der Waals surface area contributed by atoms with E-state index in [1.165, 1.54) is 0 Å². The number of ether oxygens (including phenoxy) is 2. The van der Waals surface area contributed by atoms with E-state index in [2.05, 4.69) is 5.32 Å². The molecule has 5 heteroatoms. The molecular formula is C15H22N2O3. The second-order valence-corrected chi connectivity index (χ2v) is 4.69. The van der Waals surface area contributed by atoms with Gasteiger partial charge in [-0.05, 0) is 37.6 Å². The SMILES string of the molecule is COCCC(C)NCC(O)COc1ccc(C#N)cc1. The Hall–Kier alpha value is -1.61. The lowest BCUT2D eigenvalue weighted by molar-refractivity contribution is 0.102. The minimum Gasteiger partial charge on any atom is -0.491 e. The first-order valence-electron chi connectivity index (χ1n) is 6.69. The molecule has 0 saturated carbocycles. The van der Waals surface area contributed by atoms with Gasteiger partial charge >= 0.3 is 0 Å². The zero-order valence-electron chi connectivity index (χ0n) is 12.0. The van der Waals surface area contributed by atoms with Crippen LogP contribution in [0.2, 0.25) is 0 Å². The molecule has 0 heterocycles. The van der Waals surface area contributed by atoms with Crippen LogP contribution < -0.4 is 10.1 Å². The molecule has 1 aromatic carbocycles. The van der Waals surface area contributed by atoms with Crippen molar-refractivity contribution in [3.63, 3.8) is 0 Å². The molecule has 0 aliphatic heterocycles. The molecule has 2 N–H and O–H groups in total. The lowest BCUT2D eigenvalue weighted by atomic mass is 10.2. The number of rotatable bonds is 9. The maximum absolute atomic E-state index is 9.81. The number of nitrogens with one attached hydrogen (secondary N) is 1. The lowest BCUT2D eigenvalue weighted by Crippen LogP contribution is -2.37. The summed E-state index contributed by atoms with van der Waals surface area (Å²) < 4.78 is 10.5. The summed E-state index contributed by atoms with van der Waals surface area (Å²) in [6.45, 7) is 3.44. The van der Waals surface area contributed by atoms with Gasteiger partial charge in [0.2, 0.25) is 0 Å². The summed E-state index contributed by atoms with van der Waals surface area (Å²) >= 11 is 0. The van der Waals surface area contributed by atoms with Crippen molar-refractivity contribution in [2.45, 2.75) is 25.5 Å². The van der Waals surface area contributed by atoms with E-state index in [0.717, 1.165) is 6.42 Å². The van der Waals surface area contributed by atoms with E-state index in [4.69, 9.17) is 14.7 Å². The van der Waals surface area contributed by atoms with Crippen LogP contribution in [0.5, 0.6) is 5.75 Å². The van der Waals surface area contributed by atoms with Gasteiger partial charge in [-0.1, -0.05) is 0 Å². The molecule has 1 aromatic rings. The molecule has 20 heavy (non-hydrogen) atoms. The second-order valence-electron chi connectivity index (χ2n) is 4.69. The van der Waals surface area contributed by atoms with E-state index in [-0.39, 0.29) is 6.61 Å². The largest absolute Gasteiger partial charge is 0.491 e. The van der Waals surface area contributed by atoms with Crippen molar-refractivity contribution in [2.24, 2.45) is 0 Å². The predicted molar refractivity (Wildman–Crippen MR) is 76.6 cm³/mol. The van der Waals surface area contributed by atoms with Crippen molar-refractivity contribution in [3.8, 4) is 11.8 Å². The minimum absolute atomic E-state index is 0.218. The zero-order valence-corrected chi connectivity index (χ0v) is 12.0. The van der Waals surface area contributed by atoms with Crippen molar-refractivity contribution in [1.82, 2.24) is 5.32 Å². The van der Waals surface area contributed by atoms with E-state index >= 15 is 0 Å². The van der Waals surface area contributed by atoms with Gasteiger partial charge < -0.3 is 19.9 Å². The lowest BCUT2D eigenvalue weighted by Gasteiger charge is -2.17. The van der Waals surface area contributed by atoms with Crippen molar-refractivity contribution < 1.29 is 14.6 Å². The summed E-state index contributed by atoms with van der Waals surface area (Å²) in [5, 5.41) is 21.7. The average molecular weight is 278 g/mol. The van der Waals surface area contributed by atoms with Gasteiger partial charge in [0.1, 0.15) is 18.5 Å². The van der Waals surface area contributed by atoms with Gasteiger partial charge in [-0.25, -0.2) is 0 Å². The van der Waals surface area contributed by atoms with Crippen LogP contribution in [0.4, 0.5) is 0 Å². The first kappa shape index (κ1) is 16.4. The van der Waals surface area contributed by atoms with E-state index in [9.17, 15) is 5.11 Å². The van der Waals surface area contributed by atoms with Crippen molar-refractivity contribution in [3.05, 3.63) is 29.8 Å². The molecule has 110 valence electrons. The average Bonchev–Trinajstić information content (AvgIpc) is 2.49. The smallest absolute Gasteiger partial charge is 0.119 e. The highest BCUT2D eigenvalue weighted by atomic mass is 16.5. The number of hydrogen-bond acceptors (Lipinski definition) is 5. The van der Waals surface area contributed by atoms with Gasteiger partial charge in [0.25, 0.3) is 0 Å². The molecule has 0 radical (unpaired) electrons. The Morgan fingerprint density at radius 2 is 2.05 bits per heavy atom. The Morgan fingerprint density at radius 3 is 2.65 bits per heavy atom. The standard InChI is InChI=1S/C15H22N2O3/c1-12(7-8-19-2)17-10-14(18)11-20-15-5-3-13(9-16)4-6-15/h3-6,12,14,17-18H,7-8,10-11H2,1-2H3. The molecule has 0 saturated heterocycles. The Bertz CT molecular complexity index is 414. The van der Waals surface area contributed by atoms with Crippen LogP contribution in [0.25, 0.3) is 0 Å². The van der Waals surface area contributed by atoms with Gasteiger partial charge in [-0.3, -0.25) is 0 Å². The van der Waals surface area contributed by atoms with Crippen molar-refractivity contribution >= 4 is 0 Å². The minimum atomic E-state index is -0.573. The fourth-order valence-corrected chi connectivity index (χ4v) is 1.61. The van der Waals surface area contributed by atoms with Gasteiger partial charge in [-0.15, -0.1) is 0 Å². The Labute approximate surface area is 120 Å². The van der Waals surface area contributed by atoms with Gasteiger partial charge in [-0.2, -0.15) is 5.26 Å². The molecule has 2 atom stereocenters. The highest BCUT2D eigenvalue weighted by Gasteiger charge is 2.08. The Morgan fingerprint density at radius 1 is 1.35 bits per heavy atom. The summed E-state index contributed by atoms with van der Waals surface area (Å²) in [7, 11) is 1.67. The summed E-state index contributed by atoms with van der Waals surface area (Å²) in [5.74, 6) is 0.649. The fourth-order valence-electron chi connectivity index (χ4n) is 1.61. The number of benzene rings is 1. The molecule has 0 aliphatic rings. The number of hydrogen-bond donors (Lipinski definition) is 2. The summed E-state index contributed by atoms with van der Waals surface area (Å²) in [6.07, 6.45) is 0.329. The predicted octanol–water partition coefficient (Wildman–Crippen LogP) is 1.31. The first-order valence-corrected chi connectivity index (χ1v) is 6.69. The Balaban J connectivity index is 2.22. The van der Waals surface area contributed by atoms with Crippen LogP contribution in [0.15, 0.2) is 24.3 Å². The number of nitriles is 1. The van der Waals surface area contributed by atoms with Gasteiger partial charge in [0.15, 0.2) is 0 Å². The quantitative estimate of drug-likeness (QED) is 0.712. The summed E-state index contributed by atoms with van der Waals surface area (Å²) in [4.78, 5) is 0. The first-order chi connectivity index (χ1) is 9.65. The number of aliphatic hydroxyl groups excluding tert-OH is 1. The van der Waals surface area contributed by atoms with E-state index < -0.39 is 6.10 Å². The molecule has 0 bridgehead atoms. The highest BCUT2D eigenvalue weighted by molar-refractivity contribution is 5.34. The summed E-state index contributed by atoms with van der Waals surface area (Å²) in [5.41, 5.74) is 0.589. The third-order valence-corrected chi connectivity index (χ3v) is 2.88. The third-order valence-electron chi connectivity index (χ3n) is 2.88. The molecule has 0 aliphatic carbocycles. The van der Waals surface area contributed by atoms with E-state index in [0.29, 0.717) is 30.5 Å². The van der Waals surface area contributed by atoms with Crippen LogP contribution in [0, 0.1) is 11.3 Å². The Kier molecular flexibility index (Phi) is 7.66. The number of nitrogens with zero attached hydrogens (tertiary/aromatic N) is 1. The number of aliphatic hydroxyl groups is 1. The van der Waals surface area contributed by atoms with Crippen LogP contribution >= 0.6 is 0 Å². The van der Waals surface area contributed by atoms with Crippen LogP contribution in [-0.4, -0.2) is 44.1 Å². The van der Waals surface area contributed by atoms with Crippen molar-refractivity contribution in [2.75, 3.05) is 26.9 Å². The normalized spacial score (nSPS) is 13.5. The molecule has 0 amide bonds. The van der Waals surface area contributed by atoms with Crippen LogP contribution in [-0.2, 0) is 4.74 Å².